The first-order valence-corrected chi connectivity index (χ1v) is 16.7. The molecule has 232 valence electrons. The minimum absolute atomic E-state index is 0.0449. The van der Waals surface area contributed by atoms with Gasteiger partial charge in [-0.15, -0.1) is 0 Å². The number of rotatable bonds is 12. The van der Waals surface area contributed by atoms with E-state index in [1.165, 1.54) is 30.8 Å². The maximum absolute atomic E-state index is 14.3. The molecule has 10 nitrogen and oxygen atoms in total. The fourth-order valence-electron chi connectivity index (χ4n) is 6.20. The van der Waals surface area contributed by atoms with Crippen molar-refractivity contribution in [2.75, 3.05) is 37.3 Å². The van der Waals surface area contributed by atoms with Crippen LogP contribution >= 0.6 is 0 Å². The van der Waals surface area contributed by atoms with E-state index in [1.54, 1.807) is 11.1 Å². The predicted molar refractivity (Wildman–Crippen MR) is 162 cm³/mol. The molecule has 0 radical (unpaired) electrons. The number of nitrogens with zero attached hydrogens (tertiary/aromatic N) is 4. The smallest absolute Gasteiger partial charge is 0.258 e. The van der Waals surface area contributed by atoms with Crippen LogP contribution in [0.5, 0.6) is 11.5 Å². The van der Waals surface area contributed by atoms with E-state index in [2.05, 4.69) is 31.8 Å². The molecule has 1 saturated carbocycles. The van der Waals surface area contributed by atoms with Gasteiger partial charge in [0.2, 0.25) is 10.0 Å². The average Bonchev–Trinajstić information content (AvgIpc) is 2.88. The zero-order chi connectivity index (χ0) is 30.7. The van der Waals surface area contributed by atoms with E-state index < -0.39 is 15.8 Å². The molecular weight excluding hydrogens is 559 g/mol. The lowest BCUT2D eigenvalue weighted by Crippen LogP contribution is -2.59. The van der Waals surface area contributed by atoms with Crippen LogP contribution in [0.25, 0.3) is 0 Å². The predicted octanol–water partition coefficient (Wildman–Crippen LogP) is 4.19. The van der Waals surface area contributed by atoms with E-state index in [9.17, 15) is 17.6 Å². The first-order chi connectivity index (χ1) is 19.7. The van der Waals surface area contributed by atoms with Crippen LogP contribution in [0, 0.1) is 17.2 Å². The van der Waals surface area contributed by atoms with Gasteiger partial charge in [0.1, 0.15) is 17.9 Å². The number of nitrogens with one attached hydrogen (secondary N) is 2. The number of halogens is 1. The highest BCUT2D eigenvalue weighted by Crippen LogP contribution is 2.39. The molecule has 1 aliphatic carbocycles. The van der Waals surface area contributed by atoms with Crippen molar-refractivity contribution in [3.8, 4) is 11.5 Å². The fraction of sp³-hybridized carbons (Fsp3) is 0.633. The van der Waals surface area contributed by atoms with E-state index in [1.807, 2.05) is 27.7 Å². The monoisotopic (exact) mass is 604 g/mol. The molecule has 2 fully saturated rings. The van der Waals surface area contributed by atoms with Gasteiger partial charge < -0.3 is 19.9 Å². The second-order valence-corrected chi connectivity index (χ2v) is 14.5. The average molecular weight is 605 g/mol. The number of sulfonamides is 1. The van der Waals surface area contributed by atoms with Crippen LogP contribution in [0.4, 0.5) is 10.2 Å². The van der Waals surface area contributed by atoms with Crippen molar-refractivity contribution >= 4 is 21.7 Å². The Bertz CT molecular complexity index is 1330. The lowest BCUT2D eigenvalue weighted by molar-refractivity contribution is 0.0640. The molecule has 0 atom stereocenters. The Balaban J connectivity index is 1.35. The van der Waals surface area contributed by atoms with Gasteiger partial charge in [0, 0.05) is 43.2 Å². The van der Waals surface area contributed by atoms with Crippen LogP contribution < -0.4 is 19.7 Å². The Morgan fingerprint density at radius 3 is 2.43 bits per heavy atom. The number of aromatic nitrogens is 2. The number of hydrogen-bond acceptors (Lipinski definition) is 8. The van der Waals surface area contributed by atoms with Crippen LogP contribution in [0.2, 0.25) is 0 Å². The minimum atomic E-state index is -3.16. The van der Waals surface area contributed by atoms with Gasteiger partial charge in [-0.25, -0.2) is 27.5 Å². The quantitative estimate of drug-likeness (QED) is 0.371. The highest BCUT2D eigenvalue weighted by Gasteiger charge is 2.40. The summed E-state index contributed by atoms with van der Waals surface area (Å²) in [6, 6.07) is 3.90. The lowest BCUT2D eigenvalue weighted by Gasteiger charge is -2.49. The number of hydrogen-bond donors (Lipinski definition) is 2. The highest BCUT2D eigenvalue weighted by atomic mass is 32.2. The summed E-state index contributed by atoms with van der Waals surface area (Å²) in [5.41, 5.74) is 0.203. The summed E-state index contributed by atoms with van der Waals surface area (Å²) in [7, 11) is -3.16. The molecular formula is C30H45FN6O4S. The molecule has 1 amide bonds. The summed E-state index contributed by atoms with van der Waals surface area (Å²) < 4.78 is 46.2. The van der Waals surface area contributed by atoms with Gasteiger partial charge in [-0.05, 0) is 84.0 Å². The van der Waals surface area contributed by atoms with Gasteiger partial charge in [-0.3, -0.25) is 4.79 Å². The third-order valence-corrected chi connectivity index (χ3v) is 8.82. The largest absolute Gasteiger partial charge is 0.451 e. The first kappa shape index (κ1) is 32.1. The van der Waals surface area contributed by atoms with Crippen molar-refractivity contribution in [3.63, 3.8) is 0 Å². The molecule has 1 aliphatic heterocycles. The fourth-order valence-corrected chi connectivity index (χ4v) is 7.04. The van der Waals surface area contributed by atoms with Crippen molar-refractivity contribution in [2.24, 2.45) is 11.3 Å². The summed E-state index contributed by atoms with van der Waals surface area (Å²) in [5, 5.41) is 3.63. The molecule has 2 aliphatic rings. The standard InChI is InChI=1S/C30H45FN6O4S/c1-20(2)37(21(3)4)29(38)25-13-23(31)9-12-26(25)41-27-15-33-19-34-28(27)36-17-30(5,18-36)16-32-14-22-7-10-24(11-8-22)35-42(6,39)40/h9,12-13,15,19-22,24,32,35H,7-8,10-11,14,16-18H2,1-6H3/t22-,24-. The van der Waals surface area contributed by atoms with Gasteiger partial charge in [-0.2, -0.15) is 0 Å². The summed E-state index contributed by atoms with van der Waals surface area (Å²) in [5.74, 6) is 1.04. The molecule has 1 aromatic carbocycles. The van der Waals surface area contributed by atoms with Crippen LogP contribution in [-0.2, 0) is 10.0 Å². The summed E-state index contributed by atoms with van der Waals surface area (Å²) >= 11 is 0. The molecule has 2 heterocycles. The highest BCUT2D eigenvalue weighted by molar-refractivity contribution is 7.88. The number of benzene rings is 1. The number of amides is 1. The Kier molecular flexibility index (Phi) is 10.1. The third-order valence-electron chi connectivity index (χ3n) is 8.05. The molecule has 4 rings (SSSR count). The first-order valence-electron chi connectivity index (χ1n) is 14.8. The van der Waals surface area contributed by atoms with Crippen molar-refractivity contribution in [1.29, 1.82) is 0 Å². The second kappa shape index (κ2) is 13.2. The van der Waals surface area contributed by atoms with Gasteiger partial charge in [0.05, 0.1) is 18.0 Å². The molecule has 0 spiro atoms. The van der Waals surface area contributed by atoms with E-state index in [0.29, 0.717) is 17.5 Å². The van der Waals surface area contributed by atoms with Crippen LogP contribution in [0.1, 0.15) is 70.7 Å². The van der Waals surface area contributed by atoms with Gasteiger partial charge in [-0.1, -0.05) is 6.92 Å². The van der Waals surface area contributed by atoms with Crippen LogP contribution in [-0.4, -0.2) is 79.8 Å². The van der Waals surface area contributed by atoms with Crippen LogP contribution in [0.3, 0.4) is 0 Å². The molecule has 0 unspecified atom stereocenters. The zero-order valence-electron chi connectivity index (χ0n) is 25.6. The summed E-state index contributed by atoms with van der Waals surface area (Å²) in [6.07, 6.45) is 8.02. The SMILES string of the molecule is CC(C)N(C(=O)c1cc(F)ccc1Oc1cncnc1N1CC(C)(CNC[C@H]2CC[C@H](NS(C)(=O)=O)CC2)C1)C(C)C. The summed E-state index contributed by atoms with van der Waals surface area (Å²) in [6.45, 7) is 13.2. The number of anilines is 1. The number of ether oxygens (including phenoxy) is 1. The maximum atomic E-state index is 14.3. The topological polar surface area (TPSA) is 117 Å². The van der Waals surface area contributed by atoms with E-state index in [4.69, 9.17) is 4.74 Å². The zero-order valence-corrected chi connectivity index (χ0v) is 26.4. The van der Waals surface area contributed by atoms with Gasteiger partial charge in [0.15, 0.2) is 11.6 Å². The summed E-state index contributed by atoms with van der Waals surface area (Å²) in [4.78, 5) is 25.9. The van der Waals surface area contributed by atoms with Crippen molar-refractivity contribution in [3.05, 3.63) is 42.1 Å². The number of carbonyl (C=O) groups excluding carboxylic acids is 1. The molecule has 42 heavy (non-hydrogen) atoms. The van der Waals surface area contributed by atoms with Gasteiger partial charge >= 0.3 is 0 Å². The molecule has 2 aromatic rings. The van der Waals surface area contributed by atoms with Crippen molar-refractivity contribution in [1.82, 2.24) is 24.9 Å². The molecule has 1 saturated heterocycles. The van der Waals surface area contributed by atoms with E-state index >= 15 is 0 Å². The van der Waals surface area contributed by atoms with Crippen molar-refractivity contribution < 1.29 is 22.3 Å². The molecule has 1 aromatic heterocycles. The molecule has 2 N–H and O–H groups in total. The van der Waals surface area contributed by atoms with Crippen molar-refractivity contribution in [2.45, 2.75) is 78.4 Å². The minimum Gasteiger partial charge on any atom is -0.451 e. The third kappa shape index (κ3) is 8.17. The molecule has 0 bridgehead atoms. The maximum Gasteiger partial charge on any atom is 0.258 e. The van der Waals surface area contributed by atoms with Gasteiger partial charge in [0.25, 0.3) is 5.91 Å². The number of carbonyl (C=O) groups is 1. The van der Waals surface area contributed by atoms with E-state index in [-0.39, 0.29) is 40.8 Å². The Labute approximate surface area is 249 Å². The molecule has 12 heteroatoms. The second-order valence-electron chi connectivity index (χ2n) is 12.8. The van der Waals surface area contributed by atoms with E-state index in [0.717, 1.165) is 51.9 Å². The Morgan fingerprint density at radius 1 is 1.14 bits per heavy atom. The lowest BCUT2D eigenvalue weighted by atomic mass is 9.81. The van der Waals surface area contributed by atoms with Crippen LogP contribution in [0.15, 0.2) is 30.7 Å². The normalized spacial score (nSPS) is 20.5. The Hall–Kier alpha value is -2.83. The Morgan fingerprint density at radius 2 is 1.81 bits per heavy atom.